The van der Waals surface area contributed by atoms with E-state index in [1.165, 1.54) is 6.07 Å². The Morgan fingerprint density at radius 1 is 1.00 bits per heavy atom. The second-order valence-corrected chi connectivity index (χ2v) is 9.62. The van der Waals surface area contributed by atoms with Crippen LogP contribution in [0.1, 0.15) is 32.6 Å². The highest BCUT2D eigenvalue weighted by atomic mass is 19.4. The molecule has 1 unspecified atom stereocenters. The molecule has 1 aliphatic carbocycles. The van der Waals surface area contributed by atoms with Gasteiger partial charge < -0.3 is 25.4 Å². The number of aromatic nitrogens is 2. The predicted octanol–water partition coefficient (Wildman–Crippen LogP) is 4.91. The molecule has 1 aromatic heterocycles. The van der Waals surface area contributed by atoms with Crippen LogP contribution in [0, 0.1) is 11.6 Å². The molecule has 1 heterocycles. The van der Waals surface area contributed by atoms with Crippen molar-refractivity contribution >= 4 is 34.5 Å². The number of anilines is 2. The Balaban J connectivity index is 0.000000587. The van der Waals surface area contributed by atoms with Gasteiger partial charge in [0.25, 0.3) is 5.91 Å². The SMILES string of the molecule is CC(Oc1ccc(F)c(F)c1)C(=O)NC1CCC(Nc2nc(N(C)C)c3ccccc3n2)CC1.O=C(O)C(F)(F)F. The Labute approximate surface area is 232 Å². The van der Waals surface area contributed by atoms with Crippen molar-refractivity contribution in [2.75, 3.05) is 24.3 Å². The summed E-state index contributed by atoms with van der Waals surface area (Å²) in [7, 11) is 3.92. The van der Waals surface area contributed by atoms with Gasteiger partial charge in [0, 0.05) is 37.6 Å². The fourth-order valence-corrected chi connectivity index (χ4v) is 4.16. The van der Waals surface area contributed by atoms with E-state index in [1.807, 2.05) is 43.3 Å². The van der Waals surface area contributed by atoms with Gasteiger partial charge in [0.2, 0.25) is 5.95 Å². The minimum atomic E-state index is -5.08. The van der Waals surface area contributed by atoms with Crippen molar-refractivity contribution in [3.05, 3.63) is 54.1 Å². The smallest absolute Gasteiger partial charge is 0.481 e. The molecular formula is C27H30F5N5O4. The summed E-state index contributed by atoms with van der Waals surface area (Å²) in [6, 6.07) is 11.4. The van der Waals surface area contributed by atoms with Crippen LogP contribution in [-0.4, -0.2) is 65.4 Å². The molecule has 3 aromatic rings. The molecule has 1 atom stereocenters. The Morgan fingerprint density at radius 3 is 2.20 bits per heavy atom. The first-order chi connectivity index (χ1) is 19.2. The Bertz CT molecular complexity index is 1360. The number of ether oxygens (including phenoxy) is 1. The Hall–Kier alpha value is -4.23. The molecule has 0 aliphatic heterocycles. The second-order valence-electron chi connectivity index (χ2n) is 9.62. The third-order valence-corrected chi connectivity index (χ3v) is 6.23. The maximum atomic E-state index is 13.4. The fraction of sp³-hybridized carbons (Fsp3) is 0.407. The largest absolute Gasteiger partial charge is 0.490 e. The molecule has 2 aromatic carbocycles. The van der Waals surface area contributed by atoms with E-state index in [2.05, 4.69) is 15.6 Å². The molecule has 1 fully saturated rings. The van der Waals surface area contributed by atoms with Crippen LogP contribution >= 0.6 is 0 Å². The summed E-state index contributed by atoms with van der Waals surface area (Å²) < 4.78 is 63.6. The van der Waals surface area contributed by atoms with Crippen molar-refractivity contribution in [3.63, 3.8) is 0 Å². The van der Waals surface area contributed by atoms with Gasteiger partial charge >= 0.3 is 12.1 Å². The number of benzene rings is 2. The molecule has 0 saturated heterocycles. The number of aliphatic carboxylic acids is 1. The Kier molecular flexibility index (Phi) is 10.2. The molecule has 0 radical (unpaired) electrons. The number of alkyl halides is 3. The van der Waals surface area contributed by atoms with Gasteiger partial charge in [0.15, 0.2) is 17.7 Å². The highest BCUT2D eigenvalue weighted by Gasteiger charge is 2.38. The lowest BCUT2D eigenvalue weighted by Crippen LogP contribution is -2.45. The molecule has 222 valence electrons. The van der Waals surface area contributed by atoms with Crippen molar-refractivity contribution in [2.45, 2.75) is 57.0 Å². The standard InChI is InChI=1S/C25H29F2N5O2.C2HF3O2/c1-15(34-18-12-13-20(26)21(27)14-18)24(33)28-16-8-10-17(11-9-16)29-25-30-22-7-5-4-6-19(22)23(31-25)32(2)3;3-2(4,5)1(6)7/h4-7,12-17H,8-11H2,1-3H3,(H,28,33)(H,29,30,31);(H,6,7). The number of nitrogens with one attached hydrogen (secondary N) is 2. The van der Waals surface area contributed by atoms with E-state index in [1.54, 1.807) is 6.92 Å². The van der Waals surface area contributed by atoms with Crippen LogP contribution in [0.25, 0.3) is 10.9 Å². The van der Waals surface area contributed by atoms with Crippen molar-refractivity contribution in [1.29, 1.82) is 0 Å². The zero-order chi connectivity index (χ0) is 30.3. The number of para-hydroxylation sites is 1. The summed E-state index contributed by atoms with van der Waals surface area (Å²) in [4.78, 5) is 32.8. The quantitative estimate of drug-likeness (QED) is 0.336. The van der Waals surface area contributed by atoms with Crippen LogP contribution < -0.4 is 20.3 Å². The van der Waals surface area contributed by atoms with Crippen LogP contribution in [0.4, 0.5) is 33.7 Å². The lowest BCUT2D eigenvalue weighted by molar-refractivity contribution is -0.192. The predicted molar refractivity (Wildman–Crippen MR) is 142 cm³/mol. The van der Waals surface area contributed by atoms with E-state index in [0.717, 1.165) is 54.5 Å². The van der Waals surface area contributed by atoms with Crippen molar-refractivity contribution in [1.82, 2.24) is 15.3 Å². The molecule has 1 amide bonds. The van der Waals surface area contributed by atoms with E-state index < -0.39 is 29.9 Å². The molecule has 14 heteroatoms. The number of hydrogen-bond donors (Lipinski definition) is 3. The monoisotopic (exact) mass is 583 g/mol. The van der Waals surface area contributed by atoms with Crippen molar-refractivity contribution in [3.8, 4) is 5.75 Å². The second kappa shape index (κ2) is 13.4. The van der Waals surface area contributed by atoms with Crippen molar-refractivity contribution < 1.29 is 41.4 Å². The number of fused-ring (bicyclic) bond motifs is 1. The number of hydrogen-bond acceptors (Lipinski definition) is 7. The number of rotatable bonds is 7. The zero-order valence-electron chi connectivity index (χ0n) is 22.5. The minimum Gasteiger partial charge on any atom is -0.481 e. The highest BCUT2D eigenvalue weighted by molar-refractivity contribution is 5.90. The van der Waals surface area contributed by atoms with E-state index in [4.69, 9.17) is 19.6 Å². The number of nitrogens with zero attached hydrogens (tertiary/aromatic N) is 3. The number of halogens is 5. The summed E-state index contributed by atoms with van der Waals surface area (Å²) >= 11 is 0. The molecule has 1 aliphatic rings. The minimum absolute atomic E-state index is 0.0245. The molecule has 41 heavy (non-hydrogen) atoms. The number of carboxylic acids is 1. The number of carboxylic acid groups (broad SMARTS) is 1. The van der Waals surface area contributed by atoms with Gasteiger partial charge in [-0.2, -0.15) is 18.2 Å². The number of carbonyl (C=O) groups is 2. The van der Waals surface area contributed by atoms with Gasteiger partial charge in [-0.1, -0.05) is 12.1 Å². The summed E-state index contributed by atoms with van der Waals surface area (Å²) in [5.41, 5.74) is 0.889. The van der Waals surface area contributed by atoms with E-state index >= 15 is 0 Å². The van der Waals surface area contributed by atoms with Gasteiger partial charge in [-0.05, 0) is 56.9 Å². The summed E-state index contributed by atoms with van der Waals surface area (Å²) in [5, 5.41) is 14.6. The summed E-state index contributed by atoms with van der Waals surface area (Å²) in [6.45, 7) is 1.59. The fourth-order valence-electron chi connectivity index (χ4n) is 4.16. The number of carbonyl (C=O) groups excluding carboxylic acids is 1. The maximum Gasteiger partial charge on any atom is 0.490 e. The van der Waals surface area contributed by atoms with Gasteiger partial charge in [-0.3, -0.25) is 4.79 Å². The molecule has 0 spiro atoms. The van der Waals surface area contributed by atoms with Gasteiger partial charge in [0.1, 0.15) is 11.6 Å². The van der Waals surface area contributed by atoms with Crippen LogP contribution in [0.5, 0.6) is 5.75 Å². The average molecular weight is 584 g/mol. The van der Waals surface area contributed by atoms with Gasteiger partial charge in [0.05, 0.1) is 5.52 Å². The van der Waals surface area contributed by atoms with Crippen LogP contribution in [-0.2, 0) is 9.59 Å². The zero-order valence-corrected chi connectivity index (χ0v) is 22.5. The molecule has 0 bridgehead atoms. The summed E-state index contributed by atoms with van der Waals surface area (Å²) in [5.74, 6) is -3.43. The molecule has 9 nitrogen and oxygen atoms in total. The molecular weight excluding hydrogens is 553 g/mol. The molecule has 4 rings (SSSR count). The van der Waals surface area contributed by atoms with E-state index in [9.17, 15) is 26.7 Å². The van der Waals surface area contributed by atoms with E-state index in [0.29, 0.717) is 5.95 Å². The first-order valence-electron chi connectivity index (χ1n) is 12.7. The highest BCUT2D eigenvalue weighted by Crippen LogP contribution is 2.26. The normalized spacial score (nSPS) is 17.6. The first-order valence-corrected chi connectivity index (χ1v) is 12.7. The molecule has 3 N–H and O–H groups in total. The van der Waals surface area contributed by atoms with E-state index in [-0.39, 0.29) is 23.7 Å². The number of amides is 1. The average Bonchev–Trinajstić information content (AvgIpc) is 2.91. The van der Waals surface area contributed by atoms with Crippen molar-refractivity contribution in [2.24, 2.45) is 0 Å². The lowest BCUT2D eigenvalue weighted by atomic mass is 9.91. The summed E-state index contributed by atoms with van der Waals surface area (Å²) in [6.07, 6.45) is -2.59. The van der Waals surface area contributed by atoms with Gasteiger partial charge in [-0.15, -0.1) is 0 Å². The maximum absolute atomic E-state index is 13.4. The van der Waals surface area contributed by atoms with Crippen LogP contribution in [0.15, 0.2) is 42.5 Å². The van der Waals surface area contributed by atoms with Crippen LogP contribution in [0.3, 0.4) is 0 Å². The lowest BCUT2D eigenvalue weighted by Gasteiger charge is -2.30. The first kappa shape index (κ1) is 31.3. The third-order valence-electron chi connectivity index (χ3n) is 6.23. The third kappa shape index (κ3) is 8.88. The van der Waals surface area contributed by atoms with Gasteiger partial charge in [-0.25, -0.2) is 18.6 Å². The molecule has 1 saturated carbocycles. The van der Waals surface area contributed by atoms with Crippen LogP contribution in [0.2, 0.25) is 0 Å². The topological polar surface area (TPSA) is 117 Å². The Morgan fingerprint density at radius 2 is 1.61 bits per heavy atom.